The lowest BCUT2D eigenvalue weighted by Gasteiger charge is -2.08. The van der Waals surface area contributed by atoms with Gasteiger partial charge in [0.15, 0.2) is 5.65 Å². The number of aryl methyl sites for hydroxylation is 1. The summed E-state index contributed by atoms with van der Waals surface area (Å²) < 4.78 is 2.21. The van der Waals surface area contributed by atoms with Crippen LogP contribution < -0.4 is 5.73 Å². The molecule has 4 heteroatoms. The molecule has 0 bridgehead atoms. The molecule has 1 aromatic carbocycles. The lowest BCUT2D eigenvalue weighted by Crippen LogP contribution is -2.04. The number of fused-ring (bicyclic) bond motifs is 1. The second-order valence-corrected chi connectivity index (χ2v) is 5.17. The number of hydrogen-bond donors (Lipinski definition) is 1. The summed E-state index contributed by atoms with van der Waals surface area (Å²) in [6.45, 7) is 3.75. The van der Waals surface area contributed by atoms with E-state index in [1.807, 2.05) is 18.3 Å². The number of nitrogens with zero attached hydrogens (tertiary/aromatic N) is 3. The lowest BCUT2D eigenvalue weighted by atomic mass is 10.1. The van der Waals surface area contributed by atoms with Gasteiger partial charge in [0.1, 0.15) is 11.3 Å². The first-order valence-electron chi connectivity index (χ1n) is 7.44. The second-order valence-electron chi connectivity index (χ2n) is 5.17. The number of benzene rings is 1. The first-order chi connectivity index (χ1) is 10.3. The van der Waals surface area contributed by atoms with Crippen molar-refractivity contribution in [2.24, 2.45) is 5.73 Å². The molecule has 21 heavy (non-hydrogen) atoms. The molecule has 3 rings (SSSR count). The van der Waals surface area contributed by atoms with Crippen LogP contribution >= 0.6 is 0 Å². The Morgan fingerprint density at radius 1 is 1.19 bits per heavy atom. The molecule has 0 aliphatic heterocycles. The van der Waals surface area contributed by atoms with E-state index in [9.17, 15) is 0 Å². The predicted molar refractivity (Wildman–Crippen MR) is 86.0 cm³/mol. The Balaban J connectivity index is 2.14. The fraction of sp³-hybridized carbons (Fsp3) is 0.294. The van der Waals surface area contributed by atoms with E-state index in [1.54, 1.807) is 0 Å². The predicted octanol–water partition coefficient (Wildman–Crippen LogP) is 3.01. The van der Waals surface area contributed by atoms with Crippen LogP contribution in [0, 0.1) is 0 Å². The van der Waals surface area contributed by atoms with Crippen molar-refractivity contribution in [3.63, 3.8) is 0 Å². The zero-order valence-electron chi connectivity index (χ0n) is 12.3. The maximum Gasteiger partial charge on any atom is 0.160 e. The normalized spacial score (nSPS) is 11.1. The Labute approximate surface area is 124 Å². The average Bonchev–Trinajstić information content (AvgIpc) is 2.88. The lowest BCUT2D eigenvalue weighted by molar-refractivity contribution is 0.698. The van der Waals surface area contributed by atoms with Crippen molar-refractivity contribution >= 4 is 11.2 Å². The van der Waals surface area contributed by atoms with E-state index in [0.29, 0.717) is 6.54 Å². The van der Waals surface area contributed by atoms with Crippen LogP contribution in [0.5, 0.6) is 0 Å². The minimum atomic E-state index is 0.663. The van der Waals surface area contributed by atoms with Gasteiger partial charge in [0.05, 0.1) is 0 Å². The molecule has 2 aromatic heterocycles. The zero-order chi connectivity index (χ0) is 14.7. The zero-order valence-corrected chi connectivity index (χ0v) is 12.3. The average molecular weight is 280 g/mol. The Hall–Kier alpha value is -2.20. The van der Waals surface area contributed by atoms with Gasteiger partial charge in [-0.3, -0.25) is 0 Å². The highest BCUT2D eigenvalue weighted by atomic mass is 15.1. The Morgan fingerprint density at radius 2 is 2.10 bits per heavy atom. The number of rotatable bonds is 5. The molecule has 108 valence electrons. The van der Waals surface area contributed by atoms with E-state index in [4.69, 9.17) is 10.7 Å². The first-order valence-corrected chi connectivity index (χ1v) is 7.44. The summed E-state index contributed by atoms with van der Waals surface area (Å²) >= 11 is 0. The van der Waals surface area contributed by atoms with E-state index in [-0.39, 0.29) is 0 Å². The van der Waals surface area contributed by atoms with Gasteiger partial charge in [-0.15, -0.1) is 0 Å². The summed E-state index contributed by atoms with van der Waals surface area (Å²) in [4.78, 5) is 9.26. The van der Waals surface area contributed by atoms with Crippen molar-refractivity contribution in [3.05, 3.63) is 48.2 Å². The minimum absolute atomic E-state index is 0.663. The van der Waals surface area contributed by atoms with Gasteiger partial charge in [-0.1, -0.05) is 25.1 Å². The van der Waals surface area contributed by atoms with Crippen molar-refractivity contribution in [2.45, 2.75) is 26.3 Å². The van der Waals surface area contributed by atoms with Gasteiger partial charge >= 0.3 is 0 Å². The van der Waals surface area contributed by atoms with E-state index < -0.39 is 0 Å². The van der Waals surface area contributed by atoms with Crippen molar-refractivity contribution in [1.82, 2.24) is 14.5 Å². The molecule has 0 fully saturated rings. The highest BCUT2D eigenvalue weighted by Crippen LogP contribution is 2.24. The van der Waals surface area contributed by atoms with Gasteiger partial charge in [-0.25, -0.2) is 9.97 Å². The van der Waals surface area contributed by atoms with Crippen LogP contribution in [-0.4, -0.2) is 21.1 Å². The van der Waals surface area contributed by atoms with Crippen molar-refractivity contribution in [1.29, 1.82) is 0 Å². The van der Waals surface area contributed by atoms with E-state index >= 15 is 0 Å². The highest BCUT2D eigenvalue weighted by Gasteiger charge is 2.12. The molecule has 0 aliphatic carbocycles. The molecule has 2 heterocycles. The van der Waals surface area contributed by atoms with E-state index in [2.05, 4.69) is 40.7 Å². The summed E-state index contributed by atoms with van der Waals surface area (Å²) in [6, 6.07) is 12.4. The van der Waals surface area contributed by atoms with Crippen molar-refractivity contribution in [3.8, 4) is 11.4 Å². The summed E-state index contributed by atoms with van der Waals surface area (Å²) in [5.41, 5.74) is 9.94. The van der Waals surface area contributed by atoms with Crippen LogP contribution in [0.1, 0.15) is 18.9 Å². The summed E-state index contributed by atoms with van der Waals surface area (Å²) in [6.07, 6.45) is 3.77. The van der Waals surface area contributed by atoms with Gasteiger partial charge in [0.25, 0.3) is 0 Å². The van der Waals surface area contributed by atoms with Gasteiger partial charge in [0, 0.05) is 18.3 Å². The van der Waals surface area contributed by atoms with Crippen LogP contribution in [0.25, 0.3) is 22.6 Å². The third kappa shape index (κ3) is 2.67. The van der Waals surface area contributed by atoms with E-state index in [1.165, 1.54) is 5.56 Å². The van der Waals surface area contributed by atoms with Gasteiger partial charge in [-0.05, 0) is 43.1 Å². The first kappa shape index (κ1) is 13.8. The fourth-order valence-corrected chi connectivity index (χ4v) is 2.65. The second kappa shape index (κ2) is 6.06. The Morgan fingerprint density at radius 3 is 2.90 bits per heavy atom. The molecule has 2 N–H and O–H groups in total. The third-order valence-corrected chi connectivity index (χ3v) is 3.57. The van der Waals surface area contributed by atoms with Crippen LogP contribution in [0.15, 0.2) is 42.6 Å². The quantitative estimate of drug-likeness (QED) is 0.781. The van der Waals surface area contributed by atoms with Gasteiger partial charge in [-0.2, -0.15) is 0 Å². The molecular weight excluding hydrogens is 260 g/mol. The van der Waals surface area contributed by atoms with Gasteiger partial charge < -0.3 is 10.3 Å². The molecule has 0 saturated heterocycles. The van der Waals surface area contributed by atoms with Crippen LogP contribution in [0.2, 0.25) is 0 Å². The SMILES string of the molecule is CCCn1c(-c2cccc(CCN)c2)nc2cccnc21. The number of aromatic nitrogens is 3. The molecule has 0 radical (unpaired) electrons. The largest absolute Gasteiger partial charge is 0.330 e. The van der Waals surface area contributed by atoms with Crippen LogP contribution in [-0.2, 0) is 13.0 Å². The fourth-order valence-electron chi connectivity index (χ4n) is 2.65. The van der Waals surface area contributed by atoms with Crippen LogP contribution in [0.3, 0.4) is 0 Å². The molecule has 0 atom stereocenters. The molecular formula is C17H20N4. The highest BCUT2D eigenvalue weighted by molar-refractivity contribution is 5.77. The molecule has 0 saturated carbocycles. The maximum absolute atomic E-state index is 5.66. The van der Waals surface area contributed by atoms with E-state index in [0.717, 1.165) is 41.9 Å². The third-order valence-electron chi connectivity index (χ3n) is 3.57. The summed E-state index contributed by atoms with van der Waals surface area (Å²) in [7, 11) is 0. The Bertz CT molecular complexity index is 745. The Kier molecular flexibility index (Phi) is 3.97. The van der Waals surface area contributed by atoms with Crippen molar-refractivity contribution in [2.75, 3.05) is 6.54 Å². The van der Waals surface area contributed by atoms with Crippen molar-refractivity contribution < 1.29 is 0 Å². The summed E-state index contributed by atoms with van der Waals surface area (Å²) in [5.74, 6) is 0.990. The smallest absolute Gasteiger partial charge is 0.160 e. The topological polar surface area (TPSA) is 56.7 Å². The van der Waals surface area contributed by atoms with Crippen LogP contribution in [0.4, 0.5) is 0 Å². The standard InChI is InChI=1S/C17H20N4/c1-2-11-21-16(20-15-7-4-10-19-17(15)21)14-6-3-5-13(12-14)8-9-18/h3-7,10,12H,2,8-9,11,18H2,1H3. The monoisotopic (exact) mass is 280 g/mol. The molecule has 0 aliphatic rings. The summed E-state index contributed by atoms with van der Waals surface area (Å²) in [5, 5.41) is 0. The molecule has 4 nitrogen and oxygen atoms in total. The minimum Gasteiger partial charge on any atom is -0.330 e. The van der Waals surface area contributed by atoms with Gasteiger partial charge in [0.2, 0.25) is 0 Å². The molecule has 0 unspecified atom stereocenters. The number of hydrogen-bond acceptors (Lipinski definition) is 3. The molecule has 0 spiro atoms. The molecule has 3 aromatic rings. The number of imidazole rings is 1. The number of pyridine rings is 1. The maximum atomic E-state index is 5.66. The molecule has 0 amide bonds. The number of nitrogens with two attached hydrogens (primary N) is 1.